The van der Waals surface area contributed by atoms with Gasteiger partial charge in [-0.1, -0.05) is 0 Å². The SMILES string of the molecule is COc1ccc(NC(=O)C(C)n2cnc3sc4c(c3c2=O)CCC4)cc1OC. The van der Waals surface area contributed by atoms with E-state index in [-0.39, 0.29) is 11.5 Å². The highest BCUT2D eigenvalue weighted by Gasteiger charge is 2.24. The molecule has 7 nitrogen and oxygen atoms in total. The Balaban J connectivity index is 1.62. The molecular formula is C20H21N3O4S. The molecule has 2 heterocycles. The van der Waals surface area contributed by atoms with Crippen molar-refractivity contribution in [2.24, 2.45) is 0 Å². The van der Waals surface area contributed by atoms with E-state index in [1.807, 2.05) is 0 Å². The fourth-order valence-electron chi connectivity index (χ4n) is 3.56. The van der Waals surface area contributed by atoms with Gasteiger partial charge in [0.05, 0.1) is 25.9 Å². The molecule has 3 aromatic rings. The van der Waals surface area contributed by atoms with Crippen molar-refractivity contribution in [1.29, 1.82) is 0 Å². The first-order valence-electron chi connectivity index (χ1n) is 9.07. The highest BCUT2D eigenvalue weighted by atomic mass is 32.1. The maximum Gasteiger partial charge on any atom is 0.263 e. The van der Waals surface area contributed by atoms with E-state index in [0.717, 1.165) is 29.7 Å². The molecule has 0 aliphatic heterocycles. The third-order valence-electron chi connectivity index (χ3n) is 5.10. The maximum atomic E-state index is 13.0. The number of carbonyl (C=O) groups excluding carboxylic acids is 1. The predicted octanol–water partition coefficient (Wildman–Crippen LogP) is 3.16. The molecule has 0 saturated carbocycles. The number of nitrogens with one attached hydrogen (secondary N) is 1. The summed E-state index contributed by atoms with van der Waals surface area (Å²) >= 11 is 1.59. The number of benzene rings is 1. The smallest absolute Gasteiger partial charge is 0.263 e. The van der Waals surface area contributed by atoms with Gasteiger partial charge in [-0.3, -0.25) is 14.2 Å². The molecule has 0 spiro atoms. The third kappa shape index (κ3) is 3.03. The summed E-state index contributed by atoms with van der Waals surface area (Å²) in [7, 11) is 3.08. The minimum Gasteiger partial charge on any atom is -0.493 e. The lowest BCUT2D eigenvalue weighted by molar-refractivity contribution is -0.118. The van der Waals surface area contributed by atoms with Gasteiger partial charge < -0.3 is 14.8 Å². The lowest BCUT2D eigenvalue weighted by Crippen LogP contribution is -2.31. The van der Waals surface area contributed by atoms with Gasteiger partial charge in [-0.15, -0.1) is 11.3 Å². The number of carbonyl (C=O) groups is 1. The van der Waals surface area contributed by atoms with Crippen LogP contribution < -0.4 is 20.3 Å². The van der Waals surface area contributed by atoms with Crippen LogP contribution in [0.5, 0.6) is 11.5 Å². The van der Waals surface area contributed by atoms with Gasteiger partial charge >= 0.3 is 0 Å². The molecule has 28 heavy (non-hydrogen) atoms. The van der Waals surface area contributed by atoms with Crippen molar-refractivity contribution in [3.8, 4) is 11.5 Å². The Hall–Kier alpha value is -2.87. The number of thiophene rings is 1. The van der Waals surface area contributed by atoms with Gasteiger partial charge in [-0.2, -0.15) is 0 Å². The number of amides is 1. The molecule has 1 aliphatic rings. The fourth-order valence-corrected chi connectivity index (χ4v) is 4.78. The summed E-state index contributed by atoms with van der Waals surface area (Å²) in [5.74, 6) is 0.787. The van der Waals surface area contributed by atoms with Crippen molar-refractivity contribution in [1.82, 2.24) is 9.55 Å². The quantitative estimate of drug-likeness (QED) is 0.713. The fraction of sp³-hybridized carbons (Fsp3) is 0.350. The number of aryl methyl sites for hydroxylation is 2. The largest absolute Gasteiger partial charge is 0.493 e. The van der Waals surface area contributed by atoms with Crippen LogP contribution in [0.1, 0.15) is 29.8 Å². The average Bonchev–Trinajstić information content (AvgIpc) is 3.28. The van der Waals surface area contributed by atoms with Crippen molar-refractivity contribution in [3.63, 3.8) is 0 Å². The Morgan fingerprint density at radius 3 is 2.79 bits per heavy atom. The molecule has 4 rings (SSSR count). The molecule has 1 atom stereocenters. The number of rotatable bonds is 5. The summed E-state index contributed by atoms with van der Waals surface area (Å²) in [6.07, 6.45) is 4.45. The van der Waals surface area contributed by atoms with Crippen LogP contribution in [0, 0.1) is 0 Å². The Bertz CT molecular complexity index is 1120. The zero-order valence-corrected chi connectivity index (χ0v) is 16.8. The van der Waals surface area contributed by atoms with E-state index in [2.05, 4.69) is 10.3 Å². The lowest BCUT2D eigenvalue weighted by Gasteiger charge is -2.16. The first-order valence-corrected chi connectivity index (χ1v) is 9.89. The molecule has 1 aromatic carbocycles. The van der Waals surface area contributed by atoms with Crippen LogP contribution in [0.25, 0.3) is 10.2 Å². The van der Waals surface area contributed by atoms with Crippen molar-refractivity contribution < 1.29 is 14.3 Å². The number of methoxy groups -OCH3 is 2. The van der Waals surface area contributed by atoms with Crippen LogP contribution in [-0.4, -0.2) is 29.7 Å². The second-order valence-electron chi connectivity index (χ2n) is 6.73. The van der Waals surface area contributed by atoms with Crippen molar-refractivity contribution in [3.05, 3.63) is 45.3 Å². The second kappa shape index (κ2) is 7.27. The van der Waals surface area contributed by atoms with Crippen molar-refractivity contribution in [2.45, 2.75) is 32.2 Å². The number of hydrogen-bond acceptors (Lipinski definition) is 6. The van der Waals surface area contributed by atoms with Crippen LogP contribution >= 0.6 is 11.3 Å². The summed E-state index contributed by atoms with van der Waals surface area (Å²) in [5, 5.41) is 3.50. The van der Waals surface area contributed by atoms with Crippen LogP contribution in [0.2, 0.25) is 0 Å². The van der Waals surface area contributed by atoms with Crippen LogP contribution in [0.3, 0.4) is 0 Å². The number of anilines is 1. The summed E-state index contributed by atoms with van der Waals surface area (Å²) in [4.78, 5) is 32.2. The number of nitrogens with zero attached hydrogens (tertiary/aromatic N) is 2. The van der Waals surface area contributed by atoms with Crippen molar-refractivity contribution in [2.75, 3.05) is 19.5 Å². The Kier molecular flexibility index (Phi) is 4.80. The summed E-state index contributed by atoms with van der Waals surface area (Å²) in [6.45, 7) is 1.69. The minimum atomic E-state index is -0.700. The molecule has 146 valence electrons. The normalized spacial score (nSPS) is 14.0. The van der Waals surface area contributed by atoms with Crippen LogP contribution in [0.4, 0.5) is 5.69 Å². The predicted molar refractivity (Wildman–Crippen MR) is 109 cm³/mol. The van der Waals surface area contributed by atoms with E-state index in [4.69, 9.17) is 9.47 Å². The van der Waals surface area contributed by atoms with E-state index >= 15 is 0 Å². The zero-order valence-electron chi connectivity index (χ0n) is 15.9. The standard InChI is InChI=1S/C20H21N3O4S/c1-11(18(24)22-12-7-8-14(26-2)15(9-12)27-3)23-10-21-19-17(20(23)25)13-5-4-6-16(13)28-19/h7-11H,4-6H2,1-3H3,(H,22,24). The van der Waals surface area contributed by atoms with E-state index in [1.165, 1.54) is 22.9 Å². The van der Waals surface area contributed by atoms with Gasteiger partial charge in [0, 0.05) is 16.6 Å². The zero-order chi connectivity index (χ0) is 19.8. The second-order valence-corrected chi connectivity index (χ2v) is 7.81. The molecule has 1 amide bonds. The number of ether oxygens (including phenoxy) is 2. The van der Waals surface area contributed by atoms with Gasteiger partial charge in [-0.05, 0) is 43.9 Å². The van der Waals surface area contributed by atoms with Crippen LogP contribution in [-0.2, 0) is 17.6 Å². The highest BCUT2D eigenvalue weighted by molar-refractivity contribution is 7.18. The van der Waals surface area contributed by atoms with Gasteiger partial charge in [0.1, 0.15) is 10.9 Å². The summed E-state index contributed by atoms with van der Waals surface area (Å²) in [5.41, 5.74) is 1.52. The first kappa shape index (κ1) is 18.5. The summed E-state index contributed by atoms with van der Waals surface area (Å²) < 4.78 is 11.9. The van der Waals surface area contributed by atoms with Gasteiger partial charge in [-0.25, -0.2) is 4.98 Å². The molecule has 8 heteroatoms. The molecule has 1 N–H and O–H groups in total. The average molecular weight is 399 g/mol. The topological polar surface area (TPSA) is 82.5 Å². The molecular weight excluding hydrogens is 378 g/mol. The maximum absolute atomic E-state index is 13.0. The molecule has 0 bridgehead atoms. The highest BCUT2D eigenvalue weighted by Crippen LogP contribution is 2.34. The molecule has 2 aromatic heterocycles. The minimum absolute atomic E-state index is 0.153. The number of fused-ring (bicyclic) bond motifs is 3. The van der Waals surface area contributed by atoms with Gasteiger partial charge in [0.2, 0.25) is 5.91 Å². The van der Waals surface area contributed by atoms with Crippen LogP contribution in [0.15, 0.2) is 29.3 Å². The van der Waals surface area contributed by atoms with Gasteiger partial charge in [0.15, 0.2) is 11.5 Å². The Labute approximate surface area is 165 Å². The monoisotopic (exact) mass is 399 g/mol. The van der Waals surface area contributed by atoms with E-state index in [1.54, 1.807) is 43.6 Å². The van der Waals surface area contributed by atoms with Crippen molar-refractivity contribution >= 4 is 33.1 Å². The molecule has 0 radical (unpaired) electrons. The number of hydrogen-bond donors (Lipinski definition) is 1. The Morgan fingerprint density at radius 1 is 1.25 bits per heavy atom. The third-order valence-corrected chi connectivity index (χ3v) is 6.30. The molecule has 0 saturated heterocycles. The Morgan fingerprint density at radius 2 is 2.04 bits per heavy atom. The molecule has 0 fully saturated rings. The summed E-state index contributed by atoms with van der Waals surface area (Å²) in [6, 6.07) is 4.42. The lowest BCUT2D eigenvalue weighted by atomic mass is 10.2. The number of aromatic nitrogens is 2. The molecule has 1 unspecified atom stereocenters. The van der Waals surface area contributed by atoms with E-state index in [9.17, 15) is 9.59 Å². The van der Waals surface area contributed by atoms with E-state index in [0.29, 0.717) is 22.6 Å². The van der Waals surface area contributed by atoms with E-state index < -0.39 is 6.04 Å². The van der Waals surface area contributed by atoms with Gasteiger partial charge in [0.25, 0.3) is 5.56 Å². The molecule has 1 aliphatic carbocycles. The first-order chi connectivity index (χ1) is 13.5.